The molecule has 0 radical (unpaired) electrons. The second kappa shape index (κ2) is 11.0. The highest BCUT2D eigenvalue weighted by Gasteiger charge is 2.32. The Bertz CT molecular complexity index is 1320. The van der Waals surface area contributed by atoms with Crippen LogP contribution in [-0.2, 0) is 16.6 Å². The van der Waals surface area contributed by atoms with Gasteiger partial charge in [0.25, 0.3) is 0 Å². The molecule has 1 heterocycles. The first-order valence-corrected chi connectivity index (χ1v) is 14.5. The topological polar surface area (TPSA) is 57.7 Å². The lowest BCUT2D eigenvalue weighted by Gasteiger charge is -2.31. The Morgan fingerprint density at radius 1 is 0.917 bits per heavy atom. The van der Waals surface area contributed by atoms with Crippen molar-refractivity contribution in [2.75, 3.05) is 13.1 Å². The molecule has 0 aliphatic carbocycles. The molecule has 1 aliphatic heterocycles. The highest BCUT2D eigenvalue weighted by atomic mass is 35.5. The van der Waals surface area contributed by atoms with Crippen LogP contribution in [0.25, 0.3) is 10.8 Å². The molecular formula is C29H35ClN2O3S. The van der Waals surface area contributed by atoms with E-state index in [0.717, 1.165) is 17.3 Å². The maximum atomic E-state index is 13.3. The molecule has 7 heteroatoms. The fraction of sp³-hybridized carbons (Fsp3) is 0.414. The van der Waals surface area contributed by atoms with Gasteiger partial charge in [-0.15, -0.1) is 0 Å². The van der Waals surface area contributed by atoms with Crippen LogP contribution in [0.3, 0.4) is 0 Å². The van der Waals surface area contributed by atoms with Crippen LogP contribution in [-0.4, -0.2) is 48.6 Å². The van der Waals surface area contributed by atoms with E-state index in [4.69, 9.17) is 11.6 Å². The first-order chi connectivity index (χ1) is 17.1. The maximum absolute atomic E-state index is 13.3. The van der Waals surface area contributed by atoms with Crippen LogP contribution in [0.2, 0.25) is 5.02 Å². The van der Waals surface area contributed by atoms with E-state index in [1.165, 1.54) is 9.87 Å². The number of sulfonamides is 1. The number of hydrogen-bond acceptors (Lipinski definition) is 4. The SMILES string of the molecule is CC(C)N(Cc1ccc(C(=O)C2CCN(S(=O)(=O)c3ccc4cc(Cl)ccc4c3)CC2)cc1)C(C)C. The van der Waals surface area contributed by atoms with Crippen molar-refractivity contribution in [2.45, 2.75) is 64.1 Å². The molecular weight excluding hydrogens is 492 g/mol. The molecule has 5 nitrogen and oxygen atoms in total. The van der Waals surface area contributed by atoms with Gasteiger partial charge < -0.3 is 0 Å². The zero-order valence-electron chi connectivity index (χ0n) is 21.4. The molecule has 0 N–H and O–H groups in total. The van der Waals surface area contributed by atoms with Gasteiger partial charge in [-0.25, -0.2) is 8.42 Å². The van der Waals surface area contributed by atoms with Crippen LogP contribution < -0.4 is 0 Å². The molecule has 3 aromatic rings. The molecule has 1 fully saturated rings. The molecule has 192 valence electrons. The molecule has 4 rings (SSSR count). The van der Waals surface area contributed by atoms with Gasteiger partial charge >= 0.3 is 0 Å². The highest BCUT2D eigenvalue weighted by molar-refractivity contribution is 7.89. The fourth-order valence-corrected chi connectivity index (χ4v) is 6.73. The molecule has 0 unspecified atom stereocenters. The molecule has 0 spiro atoms. The van der Waals surface area contributed by atoms with E-state index in [0.29, 0.717) is 48.6 Å². The number of carbonyl (C=O) groups excluding carboxylic acids is 1. The van der Waals surface area contributed by atoms with Crippen LogP contribution in [0.5, 0.6) is 0 Å². The van der Waals surface area contributed by atoms with Crippen LogP contribution in [0, 0.1) is 5.92 Å². The number of rotatable bonds is 8. The van der Waals surface area contributed by atoms with Crippen molar-refractivity contribution in [1.82, 2.24) is 9.21 Å². The van der Waals surface area contributed by atoms with Gasteiger partial charge in [0.15, 0.2) is 5.78 Å². The van der Waals surface area contributed by atoms with Gasteiger partial charge in [0.05, 0.1) is 4.90 Å². The number of hydrogen-bond donors (Lipinski definition) is 0. The van der Waals surface area contributed by atoms with Crippen molar-refractivity contribution < 1.29 is 13.2 Å². The van der Waals surface area contributed by atoms with Crippen LogP contribution in [0.1, 0.15) is 56.5 Å². The van der Waals surface area contributed by atoms with Gasteiger partial charge in [0.2, 0.25) is 10.0 Å². The molecule has 3 aromatic carbocycles. The van der Waals surface area contributed by atoms with E-state index in [1.54, 1.807) is 24.3 Å². The van der Waals surface area contributed by atoms with Gasteiger partial charge in [0.1, 0.15) is 0 Å². The summed E-state index contributed by atoms with van der Waals surface area (Å²) in [6.45, 7) is 10.3. The summed E-state index contributed by atoms with van der Waals surface area (Å²) in [6.07, 6.45) is 1.05. The van der Waals surface area contributed by atoms with Gasteiger partial charge in [-0.05, 0) is 81.1 Å². The summed E-state index contributed by atoms with van der Waals surface area (Å²) in [5.41, 5.74) is 1.89. The Labute approximate surface area is 220 Å². The first kappa shape index (κ1) is 26.8. The summed E-state index contributed by atoms with van der Waals surface area (Å²) in [5.74, 6) is -0.0605. The van der Waals surface area contributed by atoms with E-state index in [2.05, 4.69) is 32.6 Å². The minimum absolute atomic E-state index is 0.103. The molecule has 0 aromatic heterocycles. The zero-order valence-corrected chi connectivity index (χ0v) is 23.0. The van der Waals surface area contributed by atoms with E-state index in [9.17, 15) is 13.2 Å². The average molecular weight is 527 g/mol. The van der Waals surface area contributed by atoms with Crippen molar-refractivity contribution in [3.63, 3.8) is 0 Å². The smallest absolute Gasteiger partial charge is 0.243 e. The average Bonchev–Trinajstić information content (AvgIpc) is 2.86. The van der Waals surface area contributed by atoms with Gasteiger partial charge in [-0.2, -0.15) is 4.31 Å². The summed E-state index contributed by atoms with van der Waals surface area (Å²) < 4.78 is 28.1. The van der Waals surface area contributed by atoms with E-state index in [-0.39, 0.29) is 16.6 Å². The lowest BCUT2D eigenvalue weighted by Crippen LogP contribution is -2.40. The van der Waals surface area contributed by atoms with E-state index < -0.39 is 10.0 Å². The Hall–Kier alpha value is -2.25. The minimum Gasteiger partial charge on any atom is -0.294 e. The molecule has 0 bridgehead atoms. The normalized spacial score (nSPS) is 15.9. The highest BCUT2D eigenvalue weighted by Crippen LogP contribution is 2.29. The summed E-state index contributed by atoms with van der Waals surface area (Å²) in [6, 6.07) is 19.3. The molecule has 0 saturated carbocycles. The maximum Gasteiger partial charge on any atom is 0.243 e. The van der Waals surface area contributed by atoms with Crippen LogP contribution >= 0.6 is 11.6 Å². The molecule has 0 amide bonds. The standard InChI is InChI=1S/C29H35ClN2O3S/c1-20(2)32(21(3)4)19-22-5-7-23(8-6-22)29(33)24-13-15-31(16-14-24)36(34,35)28-12-10-25-17-27(30)11-9-26(25)18-28/h5-12,17-18,20-21,24H,13-16,19H2,1-4H3. The second-order valence-corrected chi connectivity index (χ2v) is 12.6. The fourth-order valence-electron chi connectivity index (χ4n) is 5.04. The Morgan fingerprint density at radius 2 is 1.50 bits per heavy atom. The van der Waals surface area contributed by atoms with Crippen molar-refractivity contribution in [3.8, 4) is 0 Å². The summed E-state index contributed by atoms with van der Waals surface area (Å²) >= 11 is 6.05. The second-order valence-electron chi connectivity index (χ2n) is 10.3. The number of benzene rings is 3. The van der Waals surface area contributed by atoms with E-state index in [1.807, 2.05) is 36.4 Å². The third-order valence-corrected chi connectivity index (χ3v) is 9.30. The number of nitrogens with zero attached hydrogens (tertiary/aromatic N) is 2. The third kappa shape index (κ3) is 5.83. The number of Topliss-reactive ketones (excluding diaryl/α,β-unsaturated/α-hetero) is 1. The lowest BCUT2D eigenvalue weighted by molar-refractivity contribution is 0.0875. The quantitative estimate of drug-likeness (QED) is 0.319. The van der Waals surface area contributed by atoms with Crippen LogP contribution in [0.15, 0.2) is 65.6 Å². The summed E-state index contributed by atoms with van der Waals surface area (Å²) in [4.78, 5) is 15.8. The van der Waals surface area contributed by atoms with Gasteiger partial charge in [-0.3, -0.25) is 9.69 Å². The van der Waals surface area contributed by atoms with E-state index >= 15 is 0 Å². The molecule has 0 atom stereocenters. The number of ketones is 1. The molecule has 1 saturated heterocycles. The Balaban J connectivity index is 1.39. The number of fused-ring (bicyclic) bond motifs is 1. The molecule has 1 aliphatic rings. The zero-order chi connectivity index (χ0) is 26.0. The number of piperidine rings is 1. The van der Waals surface area contributed by atoms with Crippen molar-refractivity contribution >= 4 is 38.2 Å². The largest absolute Gasteiger partial charge is 0.294 e. The first-order valence-electron chi connectivity index (χ1n) is 12.6. The van der Waals surface area contributed by atoms with Crippen molar-refractivity contribution in [3.05, 3.63) is 76.8 Å². The predicted octanol–water partition coefficient (Wildman–Crippen LogP) is 6.40. The number of halogens is 1. The lowest BCUT2D eigenvalue weighted by atomic mass is 9.89. The van der Waals surface area contributed by atoms with Crippen LogP contribution in [0.4, 0.5) is 0 Å². The van der Waals surface area contributed by atoms with Gasteiger partial charge in [-0.1, -0.05) is 48.0 Å². The Morgan fingerprint density at radius 3 is 2.11 bits per heavy atom. The Kier molecular flexibility index (Phi) is 8.20. The molecule has 36 heavy (non-hydrogen) atoms. The minimum atomic E-state index is -3.62. The summed E-state index contributed by atoms with van der Waals surface area (Å²) in [5, 5.41) is 2.35. The van der Waals surface area contributed by atoms with Crippen molar-refractivity contribution in [1.29, 1.82) is 0 Å². The monoisotopic (exact) mass is 526 g/mol. The summed E-state index contributed by atoms with van der Waals surface area (Å²) in [7, 11) is -3.62. The number of carbonyl (C=O) groups is 1. The predicted molar refractivity (Wildman–Crippen MR) is 147 cm³/mol. The third-order valence-electron chi connectivity index (χ3n) is 7.17. The van der Waals surface area contributed by atoms with Gasteiger partial charge in [0, 0.05) is 48.2 Å². The van der Waals surface area contributed by atoms with Crippen molar-refractivity contribution in [2.24, 2.45) is 5.92 Å².